The topological polar surface area (TPSA) is 66.9 Å². The Bertz CT molecular complexity index is 1170. The van der Waals surface area contributed by atoms with Gasteiger partial charge in [-0.25, -0.2) is 4.72 Å². The van der Waals surface area contributed by atoms with Crippen molar-refractivity contribution in [3.63, 3.8) is 0 Å². The van der Waals surface area contributed by atoms with Gasteiger partial charge in [-0.05, 0) is 66.9 Å². The molecule has 2 aromatic carbocycles. The van der Waals surface area contributed by atoms with E-state index >= 15 is 0 Å². The van der Waals surface area contributed by atoms with Crippen molar-refractivity contribution in [3.8, 4) is 0 Å². The highest BCUT2D eigenvalue weighted by Gasteiger charge is 2.33. The molecule has 0 amide bonds. The number of primary sulfonamides is 1. The quantitative estimate of drug-likeness (QED) is 0.508. The number of pyridine rings is 1. The minimum absolute atomic E-state index is 0.0622. The number of rotatable bonds is 6. The number of aromatic nitrogens is 1. The molecule has 0 aliphatic carbocycles. The lowest BCUT2D eigenvalue weighted by Crippen LogP contribution is -2.88. The number of hydrogen-bond acceptors (Lipinski definition) is 4. The molecular weight excluding hydrogens is 489 g/mol. The molecule has 5 nitrogen and oxygen atoms in total. The van der Waals surface area contributed by atoms with Crippen LogP contribution in [0.3, 0.4) is 0 Å². The number of anilines is 1. The van der Waals surface area contributed by atoms with Crippen molar-refractivity contribution in [1.29, 1.82) is 0 Å². The van der Waals surface area contributed by atoms with Gasteiger partial charge in [0.1, 0.15) is 4.90 Å². The van der Waals surface area contributed by atoms with Gasteiger partial charge in [-0.2, -0.15) is 8.42 Å². The molecule has 2 unspecified atom stereocenters. The van der Waals surface area contributed by atoms with Crippen LogP contribution in [0.1, 0.15) is 24.4 Å². The maximum atomic E-state index is 12.7. The lowest BCUT2D eigenvalue weighted by Gasteiger charge is -2.41. The molecule has 168 valence electrons. The van der Waals surface area contributed by atoms with Crippen molar-refractivity contribution in [3.05, 3.63) is 87.6 Å². The normalized spacial score (nSPS) is 19.2. The first kappa shape index (κ1) is 23.3. The molecular formula is C23H23Cl3N3O2S+. The molecule has 32 heavy (non-hydrogen) atoms. The van der Waals surface area contributed by atoms with E-state index in [4.69, 9.17) is 34.8 Å². The minimum atomic E-state index is -3.48. The Balaban J connectivity index is 1.55. The van der Waals surface area contributed by atoms with Gasteiger partial charge in [0.25, 0.3) is 0 Å². The Kier molecular flexibility index (Phi) is 7.27. The zero-order valence-electron chi connectivity index (χ0n) is 17.2. The van der Waals surface area contributed by atoms with Gasteiger partial charge in [0.05, 0.1) is 18.8 Å². The minimum Gasteiger partial charge on any atom is -0.364 e. The third-order valence-corrected chi connectivity index (χ3v) is 8.12. The van der Waals surface area contributed by atoms with E-state index in [9.17, 15) is 8.42 Å². The lowest BCUT2D eigenvalue weighted by atomic mass is 9.88. The number of piperidine rings is 1. The summed E-state index contributed by atoms with van der Waals surface area (Å²) in [5.41, 5.74) is 2.03. The second-order valence-electron chi connectivity index (χ2n) is 7.89. The van der Waals surface area contributed by atoms with Crippen LogP contribution in [0.25, 0.3) is 0 Å². The van der Waals surface area contributed by atoms with Gasteiger partial charge in [0.15, 0.2) is 0 Å². The van der Waals surface area contributed by atoms with Crippen LogP contribution in [-0.4, -0.2) is 26.5 Å². The second-order valence-corrected chi connectivity index (χ2v) is 11.1. The number of nitrogens with zero attached hydrogens (tertiary/aromatic N) is 2. The highest BCUT2D eigenvalue weighted by atomic mass is 35.5. The SMILES string of the molecule is O=S(=O)([NH2+]CC1CCC(c2ccc(Cl)cc2Cl)N(c2ccc(Cl)cc2)C1)c1cccnc1. The van der Waals surface area contributed by atoms with E-state index < -0.39 is 10.0 Å². The molecule has 1 saturated heterocycles. The Labute approximate surface area is 203 Å². The van der Waals surface area contributed by atoms with Crippen molar-refractivity contribution in [2.24, 2.45) is 5.92 Å². The first-order chi connectivity index (χ1) is 15.3. The summed E-state index contributed by atoms with van der Waals surface area (Å²) < 4.78 is 26.8. The van der Waals surface area contributed by atoms with Crippen LogP contribution in [0.4, 0.5) is 5.69 Å². The summed E-state index contributed by atoms with van der Waals surface area (Å²) in [6.45, 7) is 1.16. The molecule has 2 N–H and O–H groups in total. The molecule has 0 saturated carbocycles. The summed E-state index contributed by atoms with van der Waals surface area (Å²) in [4.78, 5) is 6.42. The smallest absolute Gasteiger partial charge is 0.325 e. The van der Waals surface area contributed by atoms with Crippen molar-refractivity contribution >= 4 is 50.5 Å². The van der Waals surface area contributed by atoms with Crippen molar-refractivity contribution in [2.75, 3.05) is 18.0 Å². The Hall–Kier alpha value is -1.83. The molecule has 3 aromatic rings. The van der Waals surface area contributed by atoms with E-state index in [-0.39, 0.29) is 16.9 Å². The molecule has 1 fully saturated rings. The second kappa shape index (κ2) is 9.98. The fourth-order valence-electron chi connectivity index (χ4n) is 4.13. The highest BCUT2D eigenvalue weighted by Crippen LogP contribution is 2.40. The monoisotopic (exact) mass is 510 g/mol. The molecule has 0 radical (unpaired) electrons. The standard InChI is InChI=1S/C23H22Cl3N3O2S/c24-17-4-7-19(8-5-17)29-15-16(13-28-32(30,31)20-2-1-11-27-14-20)3-10-23(29)21-9-6-18(25)12-22(21)26/h1-2,4-9,11-12,14,16,23,28H,3,10,13,15H2/p+1. The van der Waals surface area contributed by atoms with Gasteiger partial charge in [-0.15, -0.1) is 0 Å². The van der Waals surface area contributed by atoms with Gasteiger partial charge in [0.2, 0.25) is 0 Å². The molecule has 1 aliphatic heterocycles. The van der Waals surface area contributed by atoms with Crippen LogP contribution in [0.5, 0.6) is 0 Å². The number of sulfonamides is 1. The zero-order chi connectivity index (χ0) is 22.7. The molecule has 9 heteroatoms. The first-order valence-corrected chi connectivity index (χ1v) is 13.0. The van der Waals surface area contributed by atoms with Crippen molar-refractivity contribution < 1.29 is 13.1 Å². The zero-order valence-corrected chi connectivity index (χ0v) is 20.2. The fraction of sp³-hybridized carbons (Fsp3) is 0.261. The number of nitrogens with two attached hydrogens (primary N) is 1. The van der Waals surface area contributed by atoms with Crippen molar-refractivity contribution in [2.45, 2.75) is 23.8 Å². The third kappa shape index (κ3) is 5.38. The number of halogens is 3. The largest absolute Gasteiger partial charge is 0.364 e. The van der Waals surface area contributed by atoms with Gasteiger partial charge >= 0.3 is 10.0 Å². The van der Waals surface area contributed by atoms with E-state index in [1.807, 2.05) is 36.4 Å². The van der Waals surface area contributed by atoms with Gasteiger partial charge in [0, 0.05) is 39.4 Å². The average molecular weight is 512 g/mol. The number of hydrogen-bond donors (Lipinski definition) is 1. The van der Waals surface area contributed by atoms with E-state index in [0.29, 0.717) is 28.2 Å². The molecule has 1 aromatic heterocycles. The fourth-order valence-corrected chi connectivity index (χ4v) is 5.98. The van der Waals surface area contributed by atoms with Crippen LogP contribution in [0, 0.1) is 5.92 Å². The summed E-state index contributed by atoms with van der Waals surface area (Å²) in [7, 11) is -3.48. The average Bonchev–Trinajstić information content (AvgIpc) is 2.79. The Morgan fingerprint density at radius 3 is 2.44 bits per heavy atom. The van der Waals surface area contributed by atoms with E-state index in [1.165, 1.54) is 10.9 Å². The summed E-state index contributed by atoms with van der Waals surface area (Å²) in [6.07, 6.45) is 4.67. The summed E-state index contributed by atoms with van der Waals surface area (Å²) in [5, 5.41) is 1.89. The predicted octanol–water partition coefficient (Wildman–Crippen LogP) is 4.95. The molecule has 2 atom stereocenters. The summed E-state index contributed by atoms with van der Waals surface area (Å²) >= 11 is 18.8. The molecule has 0 spiro atoms. The lowest BCUT2D eigenvalue weighted by molar-refractivity contribution is -0.505. The maximum Gasteiger partial charge on any atom is 0.325 e. The van der Waals surface area contributed by atoms with Crippen LogP contribution in [-0.2, 0) is 10.0 Å². The molecule has 4 rings (SSSR count). The number of quaternary nitrogens is 1. The molecule has 1 aliphatic rings. The maximum absolute atomic E-state index is 12.7. The van der Waals surface area contributed by atoms with Gasteiger partial charge in [-0.1, -0.05) is 40.9 Å². The summed E-state index contributed by atoms with van der Waals surface area (Å²) in [5.74, 6) is 0.180. The Morgan fingerprint density at radius 2 is 1.75 bits per heavy atom. The van der Waals surface area contributed by atoms with Crippen LogP contribution in [0.2, 0.25) is 15.1 Å². The summed E-state index contributed by atoms with van der Waals surface area (Å²) in [6, 6.07) is 16.5. The molecule has 2 heterocycles. The predicted molar refractivity (Wildman–Crippen MR) is 129 cm³/mol. The first-order valence-electron chi connectivity index (χ1n) is 10.3. The van der Waals surface area contributed by atoms with Gasteiger partial charge < -0.3 is 4.90 Å². The van der Waals surface area contributed by atoms with E-state index in [0.717, 1.165) is 24.1 Å². The van der Waals surface area contributed by atoms with Crippen molar-refractivity contribution in [1.82, 2.24) is 4.98 Å². The third-order valence-electron chi connectivity index (χ3n) is 5.77. The van der Waals surface area contributed by atoms with Crippen LogP contribution >= 0.6 is 34.8 Å². The van der Waals surface area contributed by atoms with Gasteiger partial charge in [-0.3, -0.25) is 4.98 Å². The van der Waals surface area contributed by atoms with E-state index in [2.05, 4.69) is 9.88 Å². The van der Waals surface area contributed by atoms with Crippen LogP contribution < -0.4 is 9.62 Å². The molecule has 0 bridgehead atoms. The Morgan fingerprint density at radius 1 is 1.00 bits per heavy atom. The van der Waals surface area contributed by atoms with Crippen LogP contribution in [0.15, 0.2) is 71.9 Å². The number of benzene rings is 2. The highest BCUT2D eigenvalue weighted by molar-refractivity contribution is 7.84. The van der Waals surface area contributed by atoms with E-state index in [1.54, 1.807) is 24.4 Å².